The van der Waals surface area contributed by atoms with Gasteiger partial charge in [-0.3, -0.25) is 4.79 Å². The Morgan fingerprint density at radius 1 is 1.10 bits per heavy atom. The fourth-order valence-corrected chi connectivity index (χ4v) is 6.03. The Morgan fingerprint density at radius 3 is 2.43 bits per heavy atom. The number of likely N-dealkylation sites (N-methyl/N-ethyl adjacent to an activating group) is 1. The molecule has 2 aliphatic rings. The number of piperazine rings is 1. The molecule has 2 heterocycles. The maximum Gasteiger partial charge on any atom is 0.251 e. The minimum absolute atomic E-state index is 0.191. The third kappa shape index (κ3) is 6.03. The fraction of sp³-hybridized carbons (Fsp3) is 0.682. The molecule has 2 saturated heterocycles. The average molecular weight is 437 g/mol. The molecule has 2 fully saturated rings. The summed E-state index contributed by atoms with van der Waals surface area (Å²) < 4.78 is 27.4. The summed E-state index contributed by atoms with van der Waals surface area (Å²) in [6, 6.07) is 6.39. The Balaban J connectivity index is 1.52. The third-order valence-corrected chi connectivity index (χ3v) is 7.97. The molecular weight excluding hydrogens is 400 g/mol. The maximum absolute atomic E-state index is 12.9. The van der Waals surface area contributed by atoms with Crippen LogP contribution in [-0.2, 0) is 10.0 Å². The molecule has 3 rings (SSSR count). The molecule has 1 aromatic rings. The van der Waals surface area contributed by atoms with E-state index in [4.69, 9.17) is 0 Å². The van der Waals surface area contributed by atoms with E-state index in [0.29, 0.717) is 38.3 Å². The zero-order valence-corrected chi connectivity index (χ0v) is 19.3. The number of nitrogens with zero attached hydrogens (tertiary/aromatic N) is 3. The molecule has 7 nitrogen and oxygen atoms in total. The number of amides is 1. The van der Waals surface area contributed by atoms with Gasteiger partial charge in [0.05, 0.1) is 4.90 Å². The summed E-state index contributed by atoms with van der Waals surface area (Å²) in [4.78, 5) is 17.3. The smallest absolute Gasteiger partial charge is 0.251 e. The van der Waals surface area contributed by atoms with Gasteiger partial charge in [-0.2, -0.15) is 4.31 Å². The first-order valence-electron chi connectivity index (χ1n) is 11.0. The van der Waals surface area contributed by atoms with E-state index in [2.05, 4.69) is 29.0 Å². The molecule has 0 unspecified atom stereocenters. The second-order valence-electron chi connectivity index (χ2n) is 9.05. The Bertz CT molecular complexity index is 811. The van der Waals surface area contributed by atoms with Crippen LogP contribution in [0.15, 0.2) is 29.2 Å². The number of piperidine rings is 1. The number of carbonyl (C=O) groups is 1. The van der Waals surface area contributed by atoms with Gasteiger partial charge in [-0.25, -0.2) is 8.42 Å². The lowest BCUT2D eigenvalue weighted by atomic mass is 9.92. The summed E-state index contributed by atoms with van der Waals surface area (Å²) >= 11 is 0. The van der Waals surface area contributed by atoms with Crippen LogP contribution in [0.3, 0.4) is 0 Å². The van der Waals surface area contributed by atoms with Gasteiger partial charge in [0.15, 0.2) is 0 Å². The van der Waals surface area contributed by atoms with E-state index < -0.39 is 10.0 Å². The van der Waals surface area contributed by atoms with Crippen molar-refractivity contribution in [2.75, 3.05) is 59.4 Å². The van der Waals surface area contributed by atoms with E-state index in [0.717, 1.165) is 37.9 Å². The lowest BCUT2D eigenvalue weighted by Crippen LogP contribution is -2.47. The van der Waals surface area contributed by atoms with Crippen LogP contribution >= 0.6 is 0 Å². The molecule has 1 N–H and O–H groups in total. The molecule has 8 heteroatoms. The number of hydrogen-bond acceptors (Lipinski definition) is 5. The van der Waals surface area contributed by atoms with Gasteiger partial charge in [-0.05, 0) is 56.5 Å². The molecule has 0 aliphatic carbocycles. The molecule has 0 spiro atoms. The Kier molecular flexibility index (Phi) is 7.90. The van der Waals surface area contributed by atoms with Gasteiger partial charge < -0.3 is 15.1 Å². The standard InChI is InChI=1S/C22H36N4O3S/c1-18-14-19(2)17-25(16-18)9-5-8-23-22(27)20-6-4-7-21(15-20)30(28,29)26-12-10-24(3)11-13-26/h4,6-7,15,18-19H,5,8-14,16-17H2,1-3H3,(H,23,27)/t18-,19+. The van der Waals surface area contributed by atoms with Gasteiger partial charge in [0.1, 0.15) is 0 Å². The Morgan fingerprint density at radius 2 is 1.77 bits per heavy atom. The number of nitrogens with one attached hydrogen (secondary N) is 1. The highest BCUT2D eigenvalue weighted by Crippen LogP contribution is 2.21. The number of benzene rings is 1. The maximum atomic E-state index is 12.9. The van der Waals surface area contributed by atoms with Crippen molar-refractivity contribution in [1.82, 2.24) is 19.4 Å². The van der Waals surface area contributed by atoms with Crippen LogP contribution in [0.2, 0.25) is 0 Å². The molecular formula is C22H36N4O3S. The van der Waals surface area contributed by atoms with Crippen LogP contribution in [0.4, 0.5) is 0 Å². The predicted molar refractivity (Wildman–Crippen MR) is 119 cm³/mol. The van der Waals surface area contributed by atoms with Gasteiger partial charge in [-0.1, -0.05) is 19.9 Å². The molecule has 30 heavy (non-hydrogen) atoms. The zero-order chi connectivity index (χ0) is 21.7. The summed E-state index contributed by atoms with van der Waals surface area (Å²) in [5.41, 5.74) is 0.394. The SMILES string of the molecule is C[C@@H]1C[C@H](C)CN(CCCNC(=O)c2cccc(S(=O)(=O)N3CCN(C)CC3)c2)C1. The number of hydrogen-bond donors (Lipinski definition) is 1. The van der Waals surface area contributed by atoms with Crippen LogP contribution in [0.1, 0.15) is 37.0 Å². The highest BCUT2D eigenvalue weighted by atomic mass is 32.2. The summed E-state index contributed by atoms with van der Waals surface area (Å²) in [6.45, 7) is 10.8. The van der Waals surface area contributed by atoms with E-state index >= 15 is 0 Å². The topological polar surface area (TPSA) is 73.0 Å². The number of carbonyl (C=O) groups excluding carboxylic acids is 1. The second-order valence-corrected chi connectivity index (χ2v) is 11.0. The summed E-state index contributed by atoms with van der Waals surface area (Å²) in [5.74, 6) is 1.24. The molecule has 168 valence electrons. The zero-order valence-electron chi connectivity index (χ0n) is 18.5. The average Bonchev–Trinajstić information content (AvgIpc) is 2.71. The predicted octanol–water partition coefficient (Wildman–Crippen LogP) is 1.72. The summed E-state index contributed by atoms with van der Waals surface area (Å²) in [5, 5.41) is 2.94. The quantitative estimate of drug-likeness (QED) is 0.659. The lowest BCUT2D eigenvalue weighted by Gasteiger charge is -2.34. The van der Waals surface area contributed by atoms with E-state index in [1.54, 1.807) is 18.2 Å². The molecule has 0 bridgehead atoms. The first kappa shape index (κ1) is 23.2. The van der Waals surface area contributed by atoms with Crippen molar-refractivity contribution in [2.24, 2.45) is 11.8 Å². The molecule has 1 aromatic carbocycles. The van der Waals surface area contributed by atoms with E-state index in [9.17, 15) is 13.2 Å². The number of likely N-dealkylation sites (tertiary alicyclic amines) is 1. The number of rotatable bonds is 7. The monoisotopic (exact) mass is 436 g/mol. The highest BCUT2D eigenvalue weighted by molar-refractivity contribution is 7.89. The summed E-state index contributed by atoms with van der Waals surface area (Å²) in [6.07, 6.45) is 2.19. The fourth-order valence-electron chi connectivity index (χ4n) is 4.56. The van der Waals surface area contributed by atoms with Crippen molar-refractivity contribution in [3.8, 4) is 0 Å². The van der Waals surface area contributed by atoms with E-state index in [-0.39, 0.29) is 10.8 Å². The van der Waals surface area contributed by atoms with E-state index in [1.165, 1.54) is 16.8 Å². The first-order valence-corrected chi connectivity index (χ1v) is 12.5. The van der Waals surface area contributed by atoms with Crippen molar-refractivity contribution in [2.45, 2.75) is 31.6 Å². The van der Waals surface area contributed by atoms with Crippen LogP contribution in [0, 0.1) is 11.8 Å². The molecule has 0 radical (unpaired) electrons. The lowest BCUT2D eigenvalue weighted by molar-refractivity contribution is 0.0947. The van der Waals surface area contributed by atoms with Crippen molar-refractivity contribution in [3.63, 3.8) is 0 Å². The van der Waals surface area contributed by atoms with Crippen LogP contribution in [0.5, 0.6) is 0 Å². The van der Waals surface area contributed by atoms with Crippen LogP contribution < -0.4 is 5.32 Å². The Hall–Kier alpha value is -1.48. The number of sulfonamides is 1. The highest BCUT2D eigenvalue weighted by Gasteiger charge is 2.28. The van der Waals surface area contributed by atoms with Crippen LogP contribution in [-0.4, -0.2) is 87.8 Å². The normalized spacial score (nSPS) is 24.6. The van der Waals surface area contributed by atoms with E-state index in [1.807, 2.05) is 7.05 Å². The van der Waals surface area contributed by atoms with Gasteiger partial charge in [0.25, 0.3) is 5.91 Å². The minimum atomic E-state index is -3.57. The largest absolute Gasteiger partial charge is 0.352 e. The van der Waals surface area contributed by atoms with Gasteiger partial charge >= 0.3 is 0 Å². The summed E-state index contributed by atoms with van der Waals surface area (Å²) in [7, 11) is -1.58. The second kappa shape index (κ2) is 10.2. The van der Waals surface area contributed by atoms with Gasteiger partial charge in [0.2, 0.25) is 10.0 Å². The first-order chi connectivity index (χ1) is 14.3. The van der Waals surface area contributed by atoms with Crippen molar-refractivity contribution in [3.05, 3.63) is 29.8 Å². The molecule has 0 saturated carbocycles. The van der Waals surface area contributed by atoms with Crippen LogP contribution in [0.25, 0.3) is 0 Å². The van der Waals surface area contributed by atoms with Crippen molar-refractivity contribution >= 4 is 15.9 Å². The third-order valence-electron chi connectivity index (χ3n) is 6.08. The van der Waals surface area contributed by atoms with Gasteiger partial charge in [0, 0.05) is 51.4 Å². The molecule has 2 aliphatic heterocycles. The molecule has 1 amide bonds. The van der Waals surface area contributed by atoms with Crippen molar-refractivity contribution < 1.29 is 13.2 Å². The molecule has 2 atom stereocenters. The molecule has 0 aromatic heterocycles. The van der Waals surface area contributed by atoms with Gasteiger partial charge in [-0.15, -0.1) is 0 Å². The minimum Gasteiger partial charge on any atom is -0.352 e. The van der Waals surface area contributed by atoms with Crippen molar-refractivity contribution in [1.29, 1.82) is 0 Å². The Labute approximate surface area is 181 Å².